The molecule has 0 heterocycles. The number of hydrogen-bond acceptors (Lipinski definition) is 4. The molecule has 0 aliphatic carbocycles. The third kappa shape index (κ3) is 4.67. The minimum absolute atomic E-state index is 0.119. The molecule has 0 spiro atoms. The maximum absolute atomic E-state index is 12.5. The van der Waals surface area contributed by atoms with Gasteiger partial charge in [-0.05, 0) is 36.8 Å². The van der Waals surface area contributed by atoms with E-state index in [9.17, 15) is 13.2 Å². The van der Waals surface area contributed by atoms with Crippen molar-refractivity contribution in [3.63, 3.8) is 0 Å². The van der Waals surface area contributed by atoms with Crippen LogP contribution >= 0.6 is 23.2 Å². The highest BCUT2D eigenvalue weighted by Crippen LogP contribution is 2.31. The van der Waals surface area contributed by atoms with Crippen molar-refractivity contribution in [1.29, 1.82) is 0 Å². The predicted molar refractivity (Wildman–Crippen MR) is 103 cm³/mol. The summed E-state index contributed by atoms with van der Waals surface area (Å²) in [6, 6.07) is 8.94. The van der Waals surface area contributed by atoms with Gasteiger partial charge < -0.3 is 10.1 Å². The van der Waals surface area contributed by atoms with Crippen molar-refractivity contribution in [3.8, 4) is 5.75 Å². The van der Waals surface area contributed by atoms with Gasteiger partial charge in [-0.3, -0.25) is 4.79 Å². The summed E-state index contributed by atoms with van der Waals surface area (Å²) in [6.07, 6.45) is 0.632. The first-order valence-electron chi connectivity index (χ1n) is 7.73. The van der Waals surface area contributed by atoms with E-state index in [0.717, 1.165) is 0 Å². The minimum atomic E-state index is -3.82. The highest BCUT2D eigenvalue weighted by molar-refractivity contribution is 7.89. The maximum Gasteiger partial charge on any atom is 0.255 e. The number of hydrogen-bond donors (Lipinski definition) is 2. The Morgan fingerprint density at radius 1 is 1.15 bits per heavy atom. The number of carbonyl (C=O) groups excluding carboxylic acids is 1. The van der Waals surface area contributed by atoms with Crippen LogP contribution in [0.1, 0.15) is 23.7 Å². The van der Waals surface area contributed by atoms with Gasteiger partial charge in [-0.1, -0.05) is 36.2 Å². The van der Waals surface area contributed by atoms with E-state index in [1.807, 2.05) is 6.92 Å². The molecule has 9 heteroatoms. The Hall–Kier alpha value is -1.80. The smallest absolute Gasteiger partial charge is 0.255 e. The number of benzene rings is 2. The topological polar surface area (TPSA) is 84.5 Å². The van der Waals surface area contributed by atoms with Gasteiger partial charge in [0, 0.05) is 12.1 Å². The first-order valence-corrected chi connectivity index (χ1v) is 9.97. The lowest BCUT2D eigenvalue weighted by molar-refractivity contribution is 0.102. The van der Waals surface area contributed by atoms with E-state index in [-0.39, 0.29) is 38.5 Å². The van der Waals surface area contributed by atoms with E-state index >= 15 is 0 Å². The summed E-state index contributed by atoms with van der Waals surface area (Å²) < 4.78 is 32.5. The van der Waals surface area contributed by atoms with Gasteiger partial charge >= 0.3 is 0 Å². The van der Waals surface area contributed by atoms with Crippen LogP contribution < -0.4 is 14.8 Å². The van der Waals surface area contributed by atoms with Crippen LogP contribution in [0.25, 0.3) is 0 Å². The fourth-order valence-electron chi connectivity index (χ4n) is 2.15. The van der Waals surface area contributed by atoms with Gasteiger partial charge in [0.25, 0.3) is 5.91 Å². The molecule has 0 saturated heterocycles. The van der Waals surface area contributed by atoms with E-state index in [2.05, 4.69) is 10.0 Å². The van der Waals surface area contributed by atoms with Gasteiger partial charge in [0.05, 0.1) is 22.8 Å². The molecule has 0 aromatic heterocycles. The van der Waals surface area contributed by atoms with Crippen LogP contribution in [0.15, 0.2) is 41.3 Å². The van der Waals surface area contributed by atoms with Crippen molar-refractivity contribution in [3.05, 3.63) is 52.0 Å². The van der Waals surface area contributed by atoms with Crippen LogP contribution in [-0.2, 0) is 10.0 Å². The quantitative estimate of drug-likeness (QED) is 0.715. The lowest BCUT2D eigenvalue weighted by Crippen LogP contribution is -2.25. The van der Waals surface area contributed by atoms with Crippen LogP contribution in [0, 0.1) is 0 Å². The maximum atomic E-state index is 12.5. The number of amides is 1. The zero-order valence-electron chi connectivity index (χ0n) is 14.2. The van der Waals surface area contributed by atoms with Gasteiger partial charge in [-0.15, -0.1) is 0 Å². The second kappa shape index (κ2) is 8.73. The second-order valence-electron chi connectivity index (χ2n) is 5.31. The molecule has 2 rings (SSSR count). The Labute approximate surface area is 162 Å². The van der Waals surface area contributed by atoms with E-state index in [4.69, 9.17) is 27.9 Å². The number of methoxy groups -OCH3 is 1. The van der Waals surface area contributed by atoms with E-state index in [0.29, 0.717) is 6.42 Å². The average molecular weight is 417 g/mol. The number of halogens is 2. The fraction of sp³-hybridized carbons (Fsp3) is 0.235. The lowest BCUT2D eigenvalue weighted by Gasteiger charge is -2.13. The number of carbonyl (C=O) groups is 1. The van der Waals surface area contributed by atoms with Crippen LogP contribution in [0.5, 0.6) is 5.75 Å². The average Bonchev–Trinajstić information content (AvgIpc) is 2.62. The summed E-state index contributed by atoms with van der Waals surface area (Å²) in [5.41, 5.74) is 0.379. The molecule has 1 amide bonds. The monoisotopic (exact) mass is 416 g/mol. The normalized spacial score (nSPS) is 11.2. The number of rotatable bonds is 7. The van der Waals surface area contributed by atoms with E-state index < -0.39 is 15.9 Å². The largest absolute Gasteiger partial charge is 0.495 e. The summed E-state index contributed by atoms with van der Waals surface area (Å²) in [5.74, 6) is -0.407. The highest BCUT2D eigenvalue weighted by atomic mass is 35.5. The third-order valence-corrected chi connectivity index (χ3v) is 5.57. The first kappa shape index (κ1) is 20.5. The zero-order chi connectivity index (χ0) is 19.3. The Morgan fingerprint density at radius 2 is 1.81 bits per heavy atom. The van der Waals surface area contributed by atoms with Gasteiger partial charge in [-0.2, -0.15) is 0 Å². The molecule has 0 fully saturated rings. The van der Waals surface area contributed by atoms with Crippen molar-refractivity contribution in [2.45, 2.75) is 18.2 Å². The molecule has 2 aromatic carbocycles. The summed E-state index contributed by atoms with van der Waals surface area (Å²) >= 11 is 12.1. The van der Waals surface area contributed by atoms with Gasteiger partial charge in [0.15, 0.2) is 0 Å². The first-order chi connectivity index (χ1) is 12.3. The molecule has 2 aromatic rings. The van der Waals surface area contributed by atoms with Crippen molar-refractivity contribution >= 4 is 44.8 Å². The van der Waals surface area contributed by atoms with Crippen molar-refractivity contribution < 1.29 is 17.9 Å². The van der Waals surface area contributed by atoms with Crippen molar-refractivity contribution in [1.82, 2.24) is 4.72 Å². The van der Waals surface area contributed by atoms with E-state index in [1.54, 1.807) is 18.2 Å². The highest BCUT2D eigenvalue weighted by Gasteiger charge is 2.21. The summed E-state index contributed by atoms with van der Waals surface area (Å²) in [7, 11) is -2.46. The van der Waals surface area contributed by atoms with Gasteiger partial charge in [0.2, 0.25) is 10.0 Å². The Balaban J connectivity index is 2.39. The molecular weight excluding hydrogens is 399 g/mol. The molecule has 0 aliphatic rings. The molecule has 0 saturated carbocycles. The number of anilines is 1. The number of nitrogens with one attached hydrogen (secondary N) is 2. The summed E-state index contributed by atoms with van der Waals surface area (Å²) in [5, 5.41) is 3.14. The number of para-hydroxylation sites is 1. The standard InChI is InChI=1S/C17H18Cl2N2O4S/c1-3-9-20-26(23,24)15-10-11(7-8-14(15)25-2)17(22)21-16-12(18)5-4-6-13(16)19/h4-8,10,20H,3,9H2,1-2H3,(H,21,22). The molecule has 0 atom stereocenters. The van der Waals surface area contributed by atoms with Crippen LogP contribution in [0.3, 0.4) is 0 Å². The number of ether oxygens (including phenoxy) is 1. The lowest BCUT2D eigenvalue weighted by atomic mass is 10.2. The SMILES string of the molecule is CCCNS(=O)(=O)c1cc(C(=O)Nc2c(Cl)cccc2Cl)ccc1OC. The van der Waals surface area contributed by atoms with Crippen molar-refractivity contribution in [2.75, 3.05) is 19.0 Å². The molecule has 0 unspecified atom stereocenters. The van der Waals surface area contributed by atoms with Gasteiger partial charge in [-0.25, -0.2) is 13.1 Å². The molecule has 0 bridgehead atoms. The summed E-state index contributed by atoms with van der Waals surface area (Å²) in [6.45, 7) is 2.12. The molecule has 0 radical (unpaired) electrons. The molecular formula is C17H18Cl2N2O4S. The minimum Gasteiger partial charge on any atom is -0.495 e. The molecule has 26 heavy (non-hydrogen) atoms. The summed E-state index contributed by atoms with van der Waals surface area (Å²) in [4.78, 5) is 12.4. The second-order valence-corrected chi connectivity index (χ2v) is 7.86. The molecule has 6 nitrogen and oxygen atoms in total. The van der Waals surface area contributed by atoms with Crippen LogP contribution in [0.4, 0.5) is 5.69 Å². The Bertz CT molecular complexity index is 897. The Morgan fingerprint density at radius 3 is 2.38 bits per heavy atom. The number of sulfonamides is 1. The third-order valence-electron chi connectivity index (χ3n) is 3.46. The predicted octanol–water partition coefficient (Wildman–Crippen LogP) is 3.94. The van der Waals surface area contributed by atoms with Gasteiger partial charge in [0.1, 0.15) is 10.6 Å². The fourth-order valence-corrected chi connectivity index (χ4v) is 3.96. The van der Waals surface area contributed by atoms with Crippen LogP contribution in [0.2, 0.25) is 10.0 Å². The molecule has 140 valence electrons. The zero-order valence-corrected chi connectivity index (χ0v) is 16.5. The molecule has 2 N–H and O–H groups in total. The Kier molecular flexibility index (Phi) is 6.88. The van der Waals surface area contributed by atoms with E-state index in [1.165, 1.54) is 25.3 Å². The van der Waals surface area contributed by atoms with Crippen molar-refractivity contribution in [2.24, 2.45) is 0 Å². The van der Waals surface area contributed by atoms with Crippen LogP contribution in [-0.4, -0.2) is 28.0 Å². The molecule has 0 aliphatic heterocycles.